The summed E-state index contributed by atoms with van der Waals surface area (Å²) in [6.45, 7) is 9.12. The first-order valence-corrected chi connectivity index (χ1v) is 9.97. The van der Waals surface area contributed by atoms with Crippen LogP contribution in [0.25, 0.3) is 0 Å². The fraction of sp³-hybridized carbons (Fsp3) is 0.526. The van der Waals surface area contributed by atoms with Crippen molar-refractivity contribution in [2.75, 3.05) is 30.3 Å². The molecule has 0 N–H and O–H groups in total. The fourth-order valence-corrected chi connectivity index (χ4v) is 3.84. The average molecular weight is 362 g/mol. The number of carbonyl (C=O) groups is 2. The van der Waals surface area contributed by atoms with Gasteiger partial charge in [0, 0.05) is 12.3 Å². The van der Waals surface area contributed by atoms with Gasteiger partial charge in [-0.15, -0.1) is 0 Å². The lowest BCUT2D eigenvalue weighted by Crippen LogP contribution is -2.47. The number of aliphatic imine (C=N–C) groups is 1. The normalized spacial score (nSPS) is 18.0. The minimum atomic E-state index is -0.655. The van der Waals surface area contributed by atoms with E-state index in [0.29, 0.717) is 11.6 Å². The molecule has 1 aliphatic heterocycles. The van der Waals surface area contributed by atoms with Gasteiger partial charge in [-0.2, -0.15) is 4.99 Å². The van der Waals surface area contributed by atoms with Crippen LogP contribution in [0.3, 0.4) is 0 Å². The van der Waals surface area contributed by atoms with Crippen LogP contribution in [0.1, 0.15) is 33.6 Å². The van der Waals surface area contributed by atoms with Crippen molar-refractivity contribution in [3.63, 3.8) is 0 Å². The molecule has 0 fully saturated rings. The molecule has 0 aromatic heterocycles. The Morgan fingerprint density at radius 2 is 1.80 bits per heavy atom. The molecular formula is C19H27N3O2S. The smallest absolute Gasteiger partial charge is 0.260 e. The van der Waals surface area contributed by atoms with E-state index in [9.17, 15) is 9.59 Å². The molecule has 0 spiro atoms. The van der Waals surface area contributed by atoms with Gasteiger partial charge in [-0.1, -0.05) is 57.2 Å². The molecule has 1 heterocycles. The molecule has 0 radical (unpaired) electrons. The Kier molecular flexibility index (Phi) is 7.65. The maximum atomic E-state index is 12.9. The van der Waals surface area contributed by atoms with Gasteiger partial charge in [-0.05, 0) is 31.6 Å². The number of para-hydroxylation sites is 1. The zero-order chi connectivity index (χ0) is 18.2. The van der Waals surface area contributed by atoms with Crippen LogP contribution in [-0.2, 0) is 9.59 Å². The highest BCUT2D eigenvalue weighted by atomic mass is 32.2. The van der Waals surface area contributed by atoms with Gasteiger partial charge in [0.1, 0.15) is 5.92 Å². The highest BCUT2D eigenvalue weighted by Gasteiger charge is 2.38. The number of hydrogen-bond donors (Lipinski definition) is 0. The molecular weight excluding hydrogens is 334 g/mol. The number of amides is 2. The summed E-state index contributed by atoms with van der Waals surface area (Å²) in [7, 11) is 0. The summed E-state index contributed by atoms with van der Waals surface area (Å²) in [6.07, 6.45) is 1.33. The molecule has 2 amide bonds. The van der Waals surface area contributed by atoms with Crippen molar-refractivity contribution in [3.05, 3.63) is 30.3 Å². The van der Waals surface area contributed by atoms with Gasteiger partial charge in [0.05, 0.1) is 5.69 Å². The third-order valence-corrected chi connectivity index (χ3v) is 5.26. The number of thioether (sulfide) groups is 1. The molecule has 5 nitrogen and oxygen atoms in total. The van der Waals surface area contributed by atoms with E-state index in [0.717, 1.165) is 37.5 Å². The Labute approximate surface area is 154 Å². The minimum absolute atomic E-state index is 0.154. The van der Waals surface area contributed by atoms with E-state index in [1.54, 1.807) is 4.90 Å². The summed E-state index contributed by atoms with van der Waals surface area (Å²) < 4.78 is 0. The van der Waals surface area contributed by atoms with Crippen LogP contribution < -0.4 is 4.90 Å². The van der Waals surface area contributed by atoms with Crippen LogP contribution in [0.15, 0.2) is 35.3 Å². The molecule has 136 valence electrons. The van der Waals surface area contributed by atoms with Crippen LogP contribution in [0, 0.1) is 5.92 Å². The predicted molar refractivity (Wildman–Crippen MR) is 105 cm³/mol. The zero-order valence-corrected chi connectivity index (χ0v) is 16.1. The Balaban J connectivity index is 2.22. The maximum Gasteiger partial charge on any atom is 0.260 e. The van der Waals surface area contributed by atoms with Crippen molar-refractivity contribution in [3.8, 4) is 0 Å². The minimum Gasteiger partial charge on any atom is -0.303 e. The van der Waals surface area contributed by atoms with Gasteiger partial charge in [-0.25, -0.2) is 0 Å². The van der Waals surface area contributed by atoms with Gasteiger partial charge < -0.3 is 4.90 Å². The largest absolute Gasteiger partial charge is 0.303 e. The first-order chi connectivity index (χ1) is 12.1. The summed E-state index contributed by atoms with van der Waals surface area (Å²) >= 11 is 1.48. The quantitative estimate of drug-likeness (QED) is 0.666. The van der Waals surface area contributed by atoms with Crippen LogP contribution >= 0.6 is 11.8 Å². The number of amidine groups is 1. The Morgan fingerprint density at radius 3 is 2.40 bits per heavy atom. The van der Waals surface area contributed by atoms with Gasteiger partial charge in [0.2, 0.25) is 5.91 Å². The third-order valence-electron chi connectivity index (χ3n) is 4.34. The van der Waals surface area contributed by atoms with E-state index in [1.165, 1.54) is 11.8 Å². The number of nitrogens with zero attached hydrogens (tertiary/aromatic N) is 3. The third kappa shape index (κ3) is 4.92. The van der Waals surface area contributed by atoms with Crippen molar-refractivity contribution < 1.29 is 9.59 Å². The molecule has 0 saturated heterocycles. The SMILES string of the molecule is CCCC1C(=O)N=C(SCCN(CC)CC)N(c2ccccc2)C1=O. The van der Waals surface area contributed by atoms with Crippen molar-refractivity contribution >= 4 is 34.4 Å². The Morgan fingerprint density at radius 1 is 1.12 bits per heavy atom. The molecule has 0 bridgehead atoms. The van der Waals surface area contributed by atoms with E-state index in [2.05, 4.69) is 23.7 Å². The lowest BCUT2D eigenvalue weighted by Gasteiger charge is -2.30. The first kappa shape index (κ1) is 19.7. The number of rotatable bonds is 8. The molecule has 6 heteroatoms. The second-order valence-corrected chi connectivity index (χ2v) is 7.02. The van der Waals surface area contributed by atoms with E-state index in [1.807, 2.05) is 37.3 Å². The van der Waals surface area contributed by atoms with Crippen LogP contribution in [-0.4, -0.2) is 47.3 Å². The summed E-state index contributed by atoms with van der Waals surface area (Å²) in [5.41, 5.74) is 0.773. The average Bonchev–Trinajstić information content (AvgIpc) is 2.63. The summed E-state index contributed by atoms with van der Waals surface area (Å²) in [5, 5.41) is 0.501. The van der Waals surface area contributed by atoms with E-state index in [-0.39, 0.29) is 11.8 Å². The van der Waals surface area contributed by atoms with Gasteiger partial charge in [-0.3, -0.25) is 14.5 Å². The summed E-state index contributed by atoms with van der Waals surface area (Å²) in [6, 6.07) is 9.48. The molecule has 1 aliphatic rings. The summed E-state index contributed by atoms with van der Waals surface area (Å²) in [5.74, 6) is -0.317. The highest BCUT2D eigenvalue weighted by molar-refractivity contribution is 8.14. The van der Waals surface area contributed by atoms with Crippen molar-refractivity contribution in [2.24, 2.45) is 10.9 Å². The van der Waals surface area contributed by atoms with Gasteiger partial charge >= 0.3 is 0 Å². The monoisotopic (exact) mass is 361 g/mol. The van der Waals surface area contributed by atoms with Crippen molar-refractivity contribution in [1.29, 1.82) is 0 Å². The number of carbonyl (C=O) groups excluding carboxylic acids is 2. The maximum absolute atomic E-state index is 12.9. The second-order valence-electron chi connectivity index (χ2n) is 5.96. The van der Waals surface area contributed by atoms with Crippen LogP contribution in [0.2, 0.25) is 0 Å². The molecule has 1 aromatic carbocycles. The number of benzene rings is 1. The molecule has 1 aromatic rings. The standard InChI is InChI=1S/C19H27N3O2S/c1-4-10-16-17(23)20-19(25-14-13-21(5-2)6-3)22(18(16)24)15-11-8-7-9-12-15/h7-9,11-12,16H,4-6,10,13-14H2,1-3H3. The second kappa shape index (κ2) is 9.73. The topological polar surface area (TPSA) is 53.0 Å². The van der Waals surface area contributed by atoms with Crippen molar-refractivity contribution in [1.82, 2.24) is 4.90 Å². The molecule has 25 heavy (non-hydrogen) atoms. The molecule has 2 rings (SSSR count). The zero-order valence-electron chi connectivity index (χ0n) is 15.3. The fourth-order valence-electron chi connectivity index (χ4n) is 2.83. The number of anilines is 1. The Hall–Kier alpha value is -1.66. The molecule has 1 atom stereocenters. The first-order valence-electron chi connectivity index (χ1n) is 8.99. The van der Waals surface area contributed by atoms with E-state index in [4.69, 9.17) is 0 Å². The van der Waals surface area contributed by atoms with Crippen LogP contribution in [0.5, 0.6) is 0 Å². The lowest BCUT2D eigenvalue weighted by atomic mass is 10.00. The Bertz CT molecular complexity index is 614. The van der Waals surface area contributed by atoms with Crippen molar-refractivity contribution in [2.45, 2.75) is 33.6 Å². The molecule has 1 unspecified atom stereocenters. The van der Waals surface area contributed by atoms with Gasteiger partial charge in [0.25, 0.3) is 5.91 Å². The van der Waals surface area contributed by atoms with Gasteiger partial charge in [0.15, 0.2) is 5.17 Å². The van der Waals surface area contributed by atoms with Crippen LogP contribution in [0.4, 0.5) is 5.69 Å². The predicted octanol–water partition coefficient (Wildman–Crippen LogP) is 3.41. The summed E-state index contributed by atoms with van der Waals surface area (Å²) in [4.78, 5) is 33.5. The van der Waals surface area contributed by atoms with E-state index >= 15 is 0 Å². The highest BCUT2D eigenvalue weighted by Crippen LogP contribution is 2.28. The molecule has 0 saturated carbocycles. The van der Waals surface area contributed by atoms with E-state index < -0.39 is 5.92 Å². The number of hydrogen-bond acceptors (Lipinski definition) is 4. The molecule has 0 aliphatic carbocycles. The lowest BCUT2D eigenvalue weighted by molar-refractivity contribution is -0.132.